The van der Waals surface area contributed by atoms with E-state index >= 15 is 0 Å². The van der Waals surface area contributed by atoms with Crippen LogP contribution in [0.4, 0.5) is 5.69 Å². The molecule has 5 heteroatoms. The van der Waals surface area contributed by atoms with Crippen molar-refractivity contribution in [3.05, 3.63) is 27.7 Å². The molecule has 0 aliphatic heterocycles. The number of anilines is 1. The molecule has 0 radical (unpaired) electrons. The number of hydrogen-bond acceptors (Lipinski definition) is 3. The molecular weight excluding hydrogens is 281 g/mol. The minimum Gasteiger partial charge on any atom is -0.465 e. The highest BCUT2D eigenvalue weighted by molar-refractivity contribution is 9.10. The first kappa shape index (κ1) is 12.3. The SMILES string of the molecule is CCOC(=O)CNc1cccc(Cl)c1Br. The average molecular weight is 293 g/mol. The van der Waals surface area contributed by atoms with E-state index in [9.17, 15) is 4.79 Å². The van der Waals surface area contributed by atoms with E-state index < -0.39 is 0 Å². The van der Waals surface area contributed by atoms with Gasteiger partial charge in [0.15, 0.2) is 0 Å². The predicted molar refractivity (Wildman–Crippen MR) is 64.3 cm³/mol. The topological polar surface area (TPSA) is 38.3 Å². The largest absolute Gasteiger partial charge is 0.465 e. The molecule has 0 atom stereocenters. The maximum Gasteiger partial charge on any atom is 0.325 e. The second-order valence-corrected chi connectivity index (χ2v) is 3.96. The molecule has 1 aromatic rings. The molecular formula is C10H11BrClNO2. The molecule has 0 unspecified atom stereocenters. The third kappa shape index (κ3) is 3.72. The van der Waals surface area contributed by atoms with Crippen LogP contribution in [0.3, 0.4) is 0 Å². The summed E-state index contributed by atoms with van der Waals surface area (Å²) in [6.45, 7) is 2.29. The average Bonchev–Trinajstić information content (AvgIpc) is 2.21. The highest BCUT2D eigenvalue weighted by Crippen LogP contribution is 2.29. The van der Waals surface area contributed by atoms with Crippen molar-refractivity contribution >= 4 is 39.2 Å². The van der Waals surface area contributed by atoms with Gasteiger partial charge in [-0.1, -0.05) is 17.7 Å². The Labute approximate surface area is 102 Å². The van der Waals surface area contributed by atoms with Crippen LogP contribution in [-0.2, 0) is 9.53 Å². The lowest BCUT2D eigenvalue weighted by Crippen LogP contribution is -2.16. The minimum absolute atomic E-state index is 0.132. The van der Waals surface area contributed by atoms with Crippen LogP contribution >= 0.6 is 27.5 Å². The Hall–Kier alpha value is -0.740. The van der Waals surface area contributed by atoms with Gasteiger partial charge in [-0.25, -0.2) is 0 Å². The van der Waals surface area contributed by atoms with E-state index in [-0.39, 0.29) is 12.5 Å². The van der Waals surface area contributed by atoms with Crippen LogP contribution in [0.2, 0.25) is 5.02 Å². The highest BCUT2D eigenvalue weighted by Gasteiger charge is 2.05. The first-order chi connectivity index (χ1) is 7.15. The maximum atomic E-state index is 11.1. The lowest BCUT2D eigenvalue weighted by atomic mass is 10.3. The molecule has 0 fully saturated rings. The first-order valence-corrected chi connectivity index (χ1v) is 5.65. The molecule has 0 aliphatic carbocycles. The molecule has 0 saturated carbocycles. The fraction of sp³-hybridized carbons (Fsp3) is 0.300. The van der Waals surface area contributed by atoms with Gasteiger partial charge in [-0.3, -0.25) is 4.79 Å². The summed E-state index contributed by atoms with van der Waals surface area (Å²) < 4.78 is 5.53. The monoisotopic (exact) mass is 291 g/mol. The lowest BCUT2D eigenvalue weighted by Gasteiger charge is -2.08. The van der Waals surface area contributed by atoms with Crippen LogP contribution in [0.15, 0.2) is 22.7 Å². The lowest BCUT2D eigenvalue weighted by molar-refractivity contribution is -0.140. The molecule has 1 N–H and O–H groups in total. The van der Waals surface area contributed by atoms with Gasteiger partial charge >= 0.3 is 5.97 Å². The van der Waals surface area contributed by atoms with Crippen molar-refractivity contribution in [2.24, 2.45) is 0 Å². The third-order valence-corrected chi connectivity index (χ3v) is 3.08. The third-order valence-electron chi connectivity index (χ3n) is 1.68. The van der Waals surface area contributed by atoms with Gasteiger partial charge in [0, 0.05) is 0 Å². The Kier molecular flexibility index (Phi) is 4.91. The molecule has 0 heterocycles. The second-order valence-electron chi connectivity index (χ2n) is 2.76. The van der Waals surface area contributed by atoms with E-state index in [4.69, 9.17) is 16.3 Å². The van der Waals surface area contributed by atoms with Crippen LogP contribution in [0.25, 0.3) is 0 Å². The molecule has 0 amide bonds. The van der Waals surface area contributed by atoms with E-state index in [2.05, 4.69) is 21.2 Å². The van der Waals surface area contributed by atoms with E-state index in [1.54, 1.807) is 19.1 Å². The molecule has 0 aromatic heterocycles. The molecule has 15 heavy (non-hydrogen) atoms. The summed E-state index contributed by atoms with van der Waals surface area (Å²) in [6.07, 6.45) is 0. The number of rotatable bonds is 4. The van der Waals surface area contributed by atoms with E-state index in [1.165, 1.54) is 0 Å². The van der Waals surface area contributed by atoms with Gasteiger partial charge in [-0.05, 0) is 35.0 Å². The van der Waals surface area contributed by atoms with E-state index in [0.29, 0.717) is 11.6 Å². The van der Waals surface area contributed by atoms with Crippen LogP contribution in [0.5, 0.6) is 0 Å². The van der Waals surface area contributed by atoms with Crippen molar-refractivity contribution in [1.29, 1.82) is 0 Å². The summed E-state index contributed by atoms with van der Waals surface area (Å²) in [7, 11) is 0. The summed E-state index contributed by atoms with van der Waals surface area (Å²) in [5.74, 6) is -0.288. The Bertz CT molecular complexity index is 357. The van der Waals surface area contributed by atoms with Gasteiger partial charge < -0.3 is 10.1 Å². The van der Waals surface area contributed by atoms with Gasteiger partial charge in [0.1, 0.15) is 6.54 Å². The standard InChI is InChI=1S/C10H11BrClNO2/c1-2-15-9(14)6-13-8-5-3-4-7(12)10(8)11/h3-5,13H,2,6H2,1H3. The van der Waals surface area contributed by atoms with Crippen molar-refractivity contribution in [2.45, 2.75) is 6.92 Å². The van der Waals surface area contributed by atoms with E-state index in [0.717, 1.165) is 10.2 Å². The Morgan fingerprint density at radius 1 is 1.60 bits per heavy atom. The molecule has 0 spiro atoms. The van der Waals surface area contributed by atoms with Crippen molar-refractivity contribution < 1.29 is 9.53 Å². The second kappa shape index (κ2) is 5.98. The predicted octanol–water partition coefficient (Wildman–Crippen LogP) is 3.08. The van der Waals surface area contributed by atoms with Gasteiger partial charge in [0.2, 0.25) is 0 Å². The molecule has 3 nitrogen and oxygen atoms in total. The number of halogens is 2. The Morgan fingerprint density at radius 2 is 2.33 bits per heavy atom. The zero-order valence-electron chi connectivity index (χ0n) is 8.22. The van der Waals surface area contributed by atoms with Gasteiger partial charge in [0.05, 0.1) is 21.8 Å². The summed E-state index contributed by atoms with van der Waals surface area (Å²) in [4.78, 5) is 11.1. The minimum atomic E-state index is -0.288. The van der Waals surface area contributed by atoms with Crippen molar-refractivity contribution in [1.82, 2.24) is 0 Å². The number of benzene rings is 1. The van der Waals surface area contributed by atoms with Crippen molar-refractivity contribution in [3.8, 4) is 0 Å². The number of ether oxygens (including phenoxy) is 1. The Morgan fingerprint density at radius 3 is 3.00 bits per heavy atom. The van der Waals surface area contributed by atoms with Crippen LogP contribution in [0.1, 0.15) is 6.92 Å². The maximum absolute atomic E-state index is 11.1. The van der Waals surface area contributed by atoms with Gasteiger partial charge in [0.25, 0.3) is 0 Å². The molecule has 0 aliphatic rings. The summed E-state index contributed by atoms with van der Waals surface area (Å²) >= 11 is 9.21. The zero-order valence-corrected chi connectivity index (χ0v) is 10.6. The van der Waals surface area contributed by atoms with Crippen LogP contribution in [-0.4, -0.2) is 19.1 Å². The number of hydrogen-bond donors (Lipinski definition) is 1. The number of carbonyl (C=O) groups excluding carboxylic acids is 1. The quantitative estimate of drug-likeness (QED) is 0.867. The van der Waals surface area contributed by atoms with Crippen LogP contribution < -0.4 is 5.32 Å². The van der Waals surface area contributed by atoms with Gasteiger partial charge in [-0.15, -0.1) is 0 Å². The number of esters is 1. The zero-order chi connectivity index (χ0) is 11.3. The fourth-order valence-corrected chi connectivity index (χ4v) is 1.60. The summed E-state index contributed by atoms with van der Waals surface area (Å²) in [5.41, 5.74) is 0.774. The number of nitrogens with one attached hydrogen (secondary N) is 1. The Balaban J connectivity index is 2.58. The molecule has 1 aromatic carbocycles. The summed E-state index contributed by atoms with van der Waals surface area (Å²) in [5, 5.41) is 3.53. The highest BCUT2D eigenvalue weighted by atomic mass is 79.9. The fourth-order valence-electron chi connectivity index (χ4n) is 1.02. The van der Waals surface area contributed by atoms with E-state index in [1.807, 2.05) is 6.07 Å². The number of carbonyl (C=O) groups is 1. The van der Waals surface area contributed by atoms with Crippen molar-refractivity contribution in [2.75, 3.05) is 18.5 Å². The molecule has 0 bridgehead atoms. The van der Waals surface area contributed by atoms with Crippen molar-refractivity contribution in [3.63, 3.8) is 0 Å². The van der Waals surface area contributed by atoms with Gasteiger partial charge in [-0.2, -0.15) is 0 Å². The first-order valence-electron chi connectivity index (χ1n) is 4.48. The summed E-state index contributed by atoms with van der Waals surface area (Å²) in [6, 6.07) is 5.40. The smallest absolute Gasteiger partial charge is 0.325 e. The molecule has 82 valence electrons. The molecule has 0 saturated heterocycles. The normalized spacial score (nSPS) is 9.80. The molecule has 1 rings (SSSR count). The van der Waals surface area contributed by atoms with Crippen LogP contribution in [0, 0.1) is 0 Å².